The summed E-state index contributed by atoms with van der Waals surface area (Å²) in [5.41, 5.74) is 2.68. The Hall–Kier alpha value is -3.81. The minimum atomic E-state index is -0.385. The molecule has 0 spiro atoms. The number of benzene rings is 3. The maximum absolute atomic E-state index is 13.3. The van der Waals surface area contributed by atoms with Crippen LogP contribution >= 0.6 is 23.2 Å². The molecule has 0 saturated heterocycles. The van der Waals surface area contributed by atoms with E-state index in [9.17, 15) is 9.59 Å². The summed E-state index contributed by atoms with van der Waals surface area (Å²) in [6, 6.07) is 21.8. The number of ether oxygens (including phenoxy) is 1. The number of anilines is 1. The van der Waals surface area contributed by atoms with E-state index in [0.29, 0.717) is 29.0 Å². The Bertz CT molecular complexity index is 1420. The van der Waals surface area contributed by atoms with Crippen LogP contribution in [0.2, 0.25) is 10.0 Å². The number of halogens is 2. The van der Waals surface area contributed by atoms with Crippen LogP contribution in [0.4, 0.5) is 5.95 Å². The molecule has 2 amide bonds. The van der Waals surface area contributed by atoms with Crippen LogP contribution in [0.25, 0.3) is 16.9 Å². The highest BCUT2D eigenvalue weighted by molar-refractivity contribution is 6.36. The van der Waals surface area contributed by atoms with Crippen molar-refractivity contribution in [2.45, 2.75) is 13.8 Å². The smallest absolute Gasteiger partial charge is 0.255 e. The SMILES string of the molecule is COc1ccc(-n2cc(-c3ccccc3)nc2NC(=O)CN(CC(C)C)C(=O)c2ccc(Cl)cc2Cl)cc1. The molecule has 4 rings (SSSR count). The minimum Gasteiger partial charge on any atom is -0.497 e. The van der Waals surface area contributed by atoms with Crippen molar-refractivity contribution in [1.29, 1.82) is 0 Å². The third-order valence-electron chi connectivity index (χ3n) is 5.75. The van der Waals surface area contributed by atoms with Crippen molar-refractivity contribution in [3.63, 3.8) is 0 Å². The summed E-state index contributed by atoms with van der Waals surface area (Å²) in [5, 5.41) is 3.56. The molecule has 0 unspecified atom stereocenters. The summed E-state index contributed by atoms with van der Waals surface area (Å²) < 4.78 is 7.07. The van der Waals surface area contributed by atoms with Crippen molar-refractivity contribution in [3.05, 3.63) is 94.6 Å². The van der Waals surface area contributed by atoms with Gasteiger partial charge in [0.1, 0.15) is 12.3 Å². The highest BCUT2D eigenvalue weighted by Gasteiger charge is 2.23. The first-order chi connectivity index (χ1) is 18.2. The monoisotopic (exact) mass is 550 g/mol. The van der Waals surface area contributed by atoms with Crippen molar-refractivity contribution >= 4 is 41.0 Å². The lowest BCUT2D eigenvalue weighted by Crippen LogP contribution is -2.40. The molecule has 0 radical (unpaired) electrons. The van der Waals surface area contributed by atoms with E-state index in [1.807, 2.05) is 74.6 Å². The quantitative estimate of drug-likeness (QED) is 0.255. The molecule has 0 aliphatic rings. The average molecular weight is 551 g/mol. The molecule has 1 heterocycles. The molecule has 0 atom stereocenters. The molecule has 3 aromatic carbocycles. The molecular weight excluding hydrogens is 523 g/mol. The average Bonchev–Trinajstić information content (AvgIpc) is 3.31. The van der Waals surface area contributed by atoms with E-state index in [0.717, 1.165) is 11.3 Å². The molecule has 9 heteroatoms. The highest BCUT2D eigenvalue weighted by Crippen LogP contribution is 2.26. The first-order valence-electron chi connectivity index (χ1n) is 12.1. The third-order valence-corrected chi connectivity index (χ3v) is 6.29. The van der Waals surface area contributed by atoms with E-state index in [4.69, 9.17) is 32.9 Å². The van der Waals surface area contributed by atoms with Crippen LogP contribution in [0, 0.1) is 5.92 Å². The first-order valence-corrected chi connectivity index (χ1v) is 12.8. The zero-order valence-corrected chi connectivity index (χ0v) is 22.8. The molecule has 7 nitrogen and oxygen atoms in total. The Balaban J connectivity index is 1.62. The maximum Gasteiger partial charge on any atom is 0.255 e. The molecule has 4 aromatic rings. The van der Waals surface area contributed by atoms with Crippen LogP contribution in [0.15, 0.2) is 79.0 Å². The van der Waals surface area contributed by atoms with Gasteiger partial charge in [-0.1, -0.05) is 67.4 Å². The van der Waals surface area contributed by atoms with Crippen molar-refractivity contribution < 1.29 is 14.3 Å². The van der Waals surface area contributed by atoms with Crippen molar-refractivity contribution in [2.24, 2.45) is 5.92 Å². The van der Waals surface area contributed by atoms with Crippen LogP contribution in [-0.4, -0.2) is 46.5 Å². The Labute approximate surface area is 232 Å². The van der Waals surface area contributed by atoms with Gasteiger partial charge in [0.2, 0.25) is 11.9 Å². The lowest BCUT2D eigenvalue weighted by molar-refractivity contribution is -0.117. The molecule has 1 aromatic heterocycles. The van der Waals surface area contributed by atoms with Crippen molar-refractivity contribution in [2.75, 3.05) is 25.5 Å². The highest BCUT2D eigenvalue weighted by atomic mass is 35.5. The number of rotatable bonds is 9. The van der Waals surface area contributed by atoms with Crippen molar-refractivity contribution in [1.82, 2.24) is 14.5 Å². The molecule has 0 bridgehead atoms. The molecule has 0 saturated carbocycles. The summed E-state index contributed by atoms with van der Waals surface area (Å²) in [5.74, 6) is 0.443. The fourth-order valence-electron chi connectivity index (χ4n) is 3.99. The van der Waals surface area contributed by atoms with Gasteiger partial charge in [0, 0.05) is 29.0 Å². The van der Waals surface area contributed by atoms with E-state index in [-0.39, 0.29) is 34.9 Å². The van der Waals surface area contributed by atoms with Gasteiger partial charge in [0.05, 0.1) is 23.4 Å². The number of nitrogens with zero attached hydrogens (tertiary/aromatic N) is 3. The second-order valence-corrected chi connectivity index (χ2v) is 9.98. The van der Waals surface area contributed by atoms with Gasteiger partial charge in [-0.15, -0.1) is 0 Å². The zero-order chi connectivity index (χ0) is 27.2. The largest absolute Gasteiger partial charge is 0.497 e. The van der Waals surface area contributed by atoms with Crippen LogP contribution in [-0.2, 0) is 4.79 Å². The summed E-state index contributed by atoms with van der Waals surface area (Å²) in [7, 11) is 1.60. The number of nitrogens with one attached hydrogen (secondary N) is 1. The topological polar surface area (TPSA) is 76.5 Å². The number of amides is 2. The van der Waals surface area contributed by atoms with Gasteiger partial charge in [0.25, 0.3) is 5.91 Å². The van der Waals surface area contributed by atoms with Gasteiger partial charge < -0.3 is 9.64 Å². The van der Waals surface area contributed by atoms with Gasteiger partial charge in [-0.05, 0) is 48.4 Å². The molecule has 0 aliphatic heterocycles. The minimum absolute atomic E-state index is 0.129. The molecule has 0 aliphatic carbocycles. The zero-order valence-electron chi connectivity index (χ0n) is 21.3. The predicted octanol–water partition coefficient (Wildman–Crippen LogP) is 6.59. The Morgan fingerprint density at radius 2 is 1.74 bits per heavy atom. The van der Waals surface area contributed by atoms with Gasteiger partial charge in [-0.3, -0.25) is 19.5 Å². The van der Waals surface area contributed by atoms with Gasteiger partial charge >= 0.3 is 0 Å². The van der Waals surface area contributed by atoms with E-state index in [2.05, 4.69) is 5.32 Å². The summed E-state index contributed by atoms with van der Waals surface area (Å²) in [6.07, 6.45) is 1.86. The summed E-state index contributed by atoms with van der Waals surface area (Å²) >= 11 is 12.3. The van der Waals surface area contributed by atoms with Gasteiger partial charge in [-0.25, -0.2) is 4.98 Å². The number of carbonyl (C=O) groups excluding carboxylic acids is 2. The number of imidazole rings is 1. The van der Waals surface area contributed by atoms with Crippen LogP contribution < -0.4 is 10.1 Å². The number of carbonyl (C=O) groups is 2. The molecule has 196 valence electrons. The van der Waals surface area contributed by atoms with Crippen LogP contribution in [0.3, 0.4) is 0 Å². The normalized spacial score (nSPS) is 10.9. The maximum atomic E-state index is 13.3. The predicted molar refractivity (Wildman–Crippen MR) is 151 cm³/mol. The second kappa shape index (κ2) is 12.2. The van der Waals surface area contributed by atoms with Gasteiger partial charge in [0.15, 0.2) is 0 Å². The molecule has 38 heavy (non-hydrogen) atoms. The lowest BCUT2D eigenvalue weighted by Gasteiger charge is -2.24. The van der Waals surface area contributed by atoms with Crippen molar-refractivity contribution in [3.8, 4) is 22.7 Å². The fourth-order valence-corrected chi connectivity index (χ4v) is 4.48. The van der Waals surface area contributed by atoms with Gasteiger partial charge in [-0.2, -0.15) is 0 Å². The standard InChI is InChI=1S/C29H28Cl2N4O3/c1-19(2)16-34(28(37)24-14-9-21(30)15-25(24)31)18-27(36)33-29-32-26(20-7-5-4-6-8-20)17-35(29)22-10-12-23(38-3)13-11-22/h4-15,17,19H,16,18H2,1-3H3,(H,32,33,36). The van der Waals surface area contributed by atoms with E-state index >= 15 is 0 Å². The van der Waals surface area contributed by atoms with Crippen LogP contribution in [0.5, 0.6) is 5.75 Å². The number of hydrogen-bond donors (Lipinski definition) is 1. The number of aromatic nitrogens is 2. The van der Waals surface area contributed by atoms with E-state index in [1.54, 1.807) is 23.8 Å². The first kappa shape index (κ1) is 27.2. The second-order valence-electron chi connectivity index (χ2n) is 9.14. The lowest BCUT2D eigenvalue weighted by atomic mass is 10.1. The Morgan fingerprint density at radius 3 is 2.37 bits per heavy atom. The Kier molecular flexibility index (Phi) is 8.71. The van der Waals surface area contributed by atoms with Crippen LogP contribution in [0.1, 0.15) is 24.2 Å². The third kappa shape index (κ3) is 6.54. The Morgan fingerprint density at radius 1 is 1.03 bits per heavy atom. The van der Waals surface area contributed by atoms with E-state index in [1.165, 1.54) is 11.0 Å². The van der Waals surface area contributed by atoms with E-state index < -0.39 is 0 Å². The number of hydrogen-bond acceptors (Lipinski definition) is 4. The number of methoxy groups -OCH3 is 1. The summed E-state index contributed by atoms with van der Waals surface area (Å²) in [4.78, 5) is 32.8. The molecule has 1 N–H and O–H groups in total. The fraction of sp³-hybridized carbons (Fsp3) is 0.207. The molecule has 0 fully saturated rings. The summed E-state index contributed by atoms with van der Waals surface area (Å²) in [6.45, 7) is 4.15. The molecular formula is C29H28Cl2N4O3.